The molecule has 1 heteroatoms. The standard InChI is InChI=1S/C16H36N/c1-16(2)14-12-10-8-6-7-9-11-13-15-17(3,4)5/h16H,6-15H2,1-5H3/q+1. The summed E-state index contributed by atoms with van der Waals surface area (Å²) in [5.74, 6) is 0.894. The van der Waals surface area contributed by atoms with Gasteiger partial charge in [0.25, 0.3) is 0 Å². The molecule has 0 fully saturated rings. The van der Waals surface area contributed by atoms with E-state index in [4.69, 9.17) is 0 Å². The molecule has 0 aromatic carbocycles. The number of rotatable bonds is 11. The van der Waals surface area contributed by atoms with Crippen molar-refractivity contribution in [1.29, 1.82) is 0 Å². The zero-order chi connectivity index (χ0) is 13.1. The van der Waals surface area contributed by atoms with Crippen LogP contribution in [-0.4, -0.2) is 32.2 Å². The minimum Gasteiger partial charge on any atom is -0.331 e. The third-order valence-corrected chi connectivity index (χ3v) is 3.36. The Hall–Kier alpha value is -0.0400. The van der Waals surface area contributed by atoms with Gasteiger partial charge in [0, 0.05) is 0 Å². The summed E-state index contributed by atoms with van der Waals surface area (Å²) in [6.45, 7) is 5.98. The Balaban J connectivity index is 3.04. The zero-order valence-corrected chi connectivity index (χ0v) is 13.1. The largest absolute Gasteiger partial charge is 0.331 e. The molecule has 0 aromatic heterocycles. The first-order valence-corrected chi connectivity index (χ1v) is 7.72. The number of hydrogen-bond acceptors (Lipinski definition) is 0. The third kappa shape index (κ3) is 16.0. The summed E-state index contributed by atoms with van der Waals surface area (Å²) in [6, 6.07) is 0. The molecule has 0 atom stereocenters. The molecule has 0 saturated carbocycles. The summed E-state index contributed by atoms with van der Waals surface area (Å²) < 4.78 is 1.12. The molecule has 0 amide bonds. The van der Waals surface area contributed by atoms with Crippen molar-refractivity contribution in [3.05, 3.63) is 0 Å². The minimum absolute atomic E-state index is 0.894. The van der Waals surface area contributed by atoms with Crippen molar-refractivity contribution in [2.45, 2.75) is 71.6 Å². The van der Waals surface area contributed by atoms with Crippen LogP contribution in [-0.2, 0) is 0 Å². The van der Waals surface area contributed by atoms with Crippen LogP contribution in [0.5, 0.6) is 0 Å². The van der Waals surface area contributed by atoms with E-state index in [0.717, 1.165) is 10.4 Å². The highest BCUT2D eigenvalue weighted by molar-refractivity contribution is 4.49. The van der Waals surface area contributed by atoms with Crippen molar-refractivity contribution < 1.29 is 4.48 Å². The van der Waals surface area contributed by atoms with Crippen molar-refractivity contribution in [3.8, 4) is 0 Å². The lowest BCUT2D eigenvalue weighted by molar-refractivity contribution is -0.870. The predicted molar refractivity (Wildman–Crippen MR) is 79.3 cm³/mol. The second-order valence-electron chi connectivity index (χ2n) is 7.02. The lowest BCUT2D eigenvalue weighted by Gasteiger charge is -2.23. The first-order valence-electron chi connectivity index (χ1n) is 7.72. The molecular formula is C16H36N+. The van der Waals surface area contributed by atoms with E-state index in [1.807, 2.05) is 0 Å². The lowest BCUT2D eigenvalue weighted by atomic mass is 10.0. The number of nitrogens with zero attached hydrogens (tertiary/aromatic N) is 1. The van der Waals surface area contributed by atoms with Gasteiger partial charge < -0.3 is 4.48 Å². The molecule has 0 aliphatic carbocycles. The van der Waals surface area contributed by atoms with E-state index in [9.17, 15) is 0 Å². The van der Waals surface area contributed by atoms with E-state index in [2.05, 4.69) is 35.0 Å². The number of hydrogen-bond donors (Lipinski definition) is 0. The van der Waals surface area contributed by atoms with Crippen LogP contribution in [0.15, 0.2) is 0 Å². The van der Waals surface area contributed by atoms with Gasteiger partial charge in [-0.15, -0.1) is 0 Å². The van der Waals surface area contributed by atoms with Gasteiger partial charge in [-0.25, -0.2) is 0 Å². The molecule has 104 valence electrons. The normalized spacial score (nSPS) is 12.4. The van der Waals surface area contributed by atoms with Gasteiger partial charge in [-0.05, 0) is 18.8 Å². The Bertz CT molecular complexity index is 155. The predicted octanol–water partition coefficient (Wildman–Crippen LogP) is 4.86. The topological polar surface area (TPSA) is 0 Å². The Morgan fingerprint density at radius 1 is 0.647 bits per heavy atom. The van der Waals surface area contributed by atoms with Crippen molar-refractivity contribution in [1.82, 2.24) is 0 Å². The van der Waals surface area contributed by atoms with Gasteiger partial charge in [0.1, 0.15) is 0 Å². The maximum absolute atomic E-state index is 2.33. The first-order chi connectivity index (χ1) is 7.92. The van der Waals surface area contributed by atoms with Crippen LogP contribution in [0.25, 0.3) is 0 Å². The van der Waals surface area contributed by atoms with Crippen LogP contribution < -0.4 is 0 Å². The summed E-state index contributed by atoms with van der Waals surface area (Å²) in [6.07, 6.45) is 13.0. The lowest BCUT2D eigenvalue weighted by Crippen LogP contribution is -2.35. The smallest absolute Gasteiger partial charge is 0.0780 e. The monoisotopic (exact) mass is 242 g/mol. The van der Waals surface area contributed by atoms with E-state index in [-0.39, 0.29) is 0 Å². The molecule has 0 heterocycles. The first kappa shape index (κ1) is 17.0. The summed E-state index contributed by atoms with van der Waals surface area (Å²) >= 11 is 0. The van der Waals surface area contributed by atoms with Crippen molar-refractivity contribution in [2.24, 2.45) is 5.92 Å². The molecule has 0 aromatic rings. The van der Waals surface area contributed by atoms with Gasteiger partial charge >= 0.3 is 0 Å². The summed E-state index contributed by atoms with van der Waals surface area (Å²) in [4.78, 5) is 0. The van der Waals surface area contributed by atoms with Crippen LogP contribution >= 0.6 is 0 Å². The number of quaternary nitrogens is 1. The molecule has 0 aliphatic heterocycles. The van der Waals surface area contributed by atoms with Gasteiger partial charge in [-0.3, -0.25) is 0 Å². The van der Waals surface area contributed by atoms with Gasteiger partial charge in [-0.1, -0.05) is 58.8 Å². The molecule has 0 radical (unpaired) electrons. The van der Waals surface area contributed by atoms with Crippen LogP contribution in [0.3, 0.4) is 0 Å². The van der Waals surface area contributed by atoms with E-state index in [1.165, 1.54) is 64.3 Å². The Kier molecular flexibility index (Phi) is 9.91. The summed E-state index contributed by atoms with van der Waals surface area (Å²) in [5, 5.41) is 0. The SMILES string of the molecule is CC(C)CCCCCCCCCC[N+](C)(C)C. The molecule has 0 spiro atoms. The molecule has 0 aliphatic rings. The average molecular weight is 242 g/mol. The molecule has 0 unspecified atom stereocenters. The zero-order valence-electron chi connectivity index (χ0n) is 13.1. The van der Waals surface area contributed by atoms with Crippen LogP contribution in [0.1, 0.15) is 71.6 Å². The maximum Gasteiger partial charge on any atom is 0.0780 e. The Labute approximate surface area is 110 Å². The molecule has 0 N–H and O–H groups in total. The molecule has 0 rings (SSSR count). The fraction of sp³-hybridized carbons (Fsp3) is 1.00. The van der Waals surface area contributed by atoms with Gasteiger partial charge in [-0.2, -0.15) is 0 Å². The number of unbranched alkanes of at least 4 members (excludes halogenated alkanes) is 7. The highest BCUT2D eigenvalue weighted by Gasteiger charge is 2.04. The Morgan fingerprint density at radius 2 is 1.06 bits per heavy atom. The van der Waals surface area contributed by atoms with Crippen LogP contribution in [0.2, 0.25) is 0 Å². The van der Waals surface area contributed by atoms with Crippen LogP contribution in [0, 0.1) is 5.92 Å². The molecule has 17 heavy (non-hydrogen) atoms. The second-order valence-corrected chi connectivity index (χ2v) is 7.02. The molecular weight excluding hydrogens is 206 g/mol. The Morgan fingerprint density at radius 3 is 1.47 bits per heavy atom. The van der Waals surface area contributed by atoms with Gasteiger partial charge in [0.15, 0.2) is 0 Å². The molecule has 1 nitrogen and oxygen atoms in total. The van der Waals surface area contributed by atoms with E-state index in [0.29, 0.717) is 0 Å². The third-order valence-electron chi connectivity index (χ3n) is 3.36. The highest BCUT2D eigenvalue weighted by Crippen LogP contribution is 2.12. The van der Waals surface area contributed by atoms with Crippen LogP contribution in [0.4, 0.5) is 0 Å². The average Bonchev–Trinajstić information content (AvgIpc) is 2.18. The van der Waals surface area contributed by atoms with Gasteiger partial charge in [0.05, 0.1) is 27.7 Å². The summed E-state index contributed by atoms with van der Waals surface area (Å²) in [5.41, 5.74) is 0. The van der Waals surface area contributed by atoms with Gasteiger partial charge in [0.2, 0.25) is 0 Å². The van der Waals surface area contributed by atoms with Crippen molar-refractivity contribution in [3.63, 3.8) is 0 Å². The van der Waals surface area contributed by atoms with E-state index < -0.39 is 0 Å². The maximum atomic E-state index is 2.33. The second kappa shape index (κ2) is 9.94. The molecule has 0 saturated heterocycles. The van der Waals surface area contributed by atoms with Crippen molar-refractivity contribution in [2.75, 3.05) is 27.7 Å². The van der Waals surface area contributed by atoms with Crippen molar-refractivity contribution >= 4 is 0 Å². The minimum atomic E-state index is 0.894. The fourth-order valence-electron chi connectivity index (χ4n) is 2.20. The summed E-state index contributed by atoms with van der Waals surface area (Å²) in [7, 11) is 6.86. The fourth-order valence-corrected chi connectivity index (χ4v) is 2.20. The quantitative estimate of drug-likeness (QED) is 0.358. The highest BCUT2D eigenvalue weighted by atomic mass is 15.3. The van der Waals surface area contributed by atoms with E-state index in [1.54, 1.807) is 0 Å². The molecule has 0 bridgehead atoms. The van der Waals surface area contributed by atoms with E-state index >= 15 is 0 Å².